The molecule has 104 valence electrons. The highest BCUT2D eigenvalue weighted by atomic mass is 16.5. The van der Waals surface area contributed by atoms with Gasteiger partial charge in [0.1, 0.15) is 5.75 Å². The molecule has 0 amide bonds. The zero-order valence-corrected chi connectivity index (χ0v) is 11.3. The molecular weight excluding hydrogens is 246 g/mol. The quantitative estimate of drug-likeness (QED) is 0.897. The van der Waals surface area contributed by atoms with Crippen molar-refractivity contribution in [2.45, 2.75) is 19.4 Å². The van der Waals surface area contributed by atoms with Gasteiger partial charge in [-0.3, -0.25) is 4.79 Å². The first-order valence-electron chi connectivity index (χ1n) is 6.32. The van der Waals surface area contributed by atoms with E-state index in [4.69, 9.17) is 14.6 Å². The number of hydrogen-bond donors (Lipinski definition) is 1. The van der Waals surface area contributed by atoms with Gasteiger partial charge in [0, 0.05) is 6.54 Å². The number of nitrogens with zero attached hydrogens (tertiary/aromatic N) is 1. The van der Waals surface area contributed by atoms with E-state index in [-0.39, 0.29) is 12.5 Å². The van der Waals surface area contributed by atoms with Gasteiger partial charge in [0.15, 0.2) is 0 Å². The number of methoxy groups -OCH3 is 1. The predicted octanol–water partition coefficient (Wildman–Crippen LogP) is 1.68. The minimum absolute atomic E-state index is 0.0666. The second kappa shape index (κ2) is 5.93. The predicted molar refractivity (Wildman–Crippen MR) is 71.9 cm³/mol. The summed E-state index contributed by atoms with van der Waals surface area (Å²) in [5, 5.41) is 9.00. The number of aliphatic carboxylic acids is 1. The fourth-order valence-electron chi connectivity index (χ4n) is 2.37. The molecule has 1 heterocycles. The summed E-state index contributed by atoms with van der Waals surface area (Å²) in [5.41, 5.74) is 2.06. The lowest BCUT2D eigenvalue weighted by atomic mass is 10.1. The lowest BCUT2D eigenvalue weighted by molar-refractivity contribution is -0.138. The third-order valence-corrected chi connectivity index (χ3v) is 3.28. The van der Waals surface area contributed by atoms with Crippen LogP contribution in [0.25, 0.3) is 0 Å². The Hall–Kier alpha value is -1.75. The summed E-state index contributed by atoms with van der Waals surface area (Å²) in [4.78, 5) is 13.0. The van der Waals surface area contributed by atoms with Gasteiger partial charge in [-0.05, 0) is 24.6 Å². The van der Waals surface area contributed by atoms with Crippen LogP contribution in [0.5, 0.6) is 5.75 Å². The molecule has 1 atom stereocenters. The van der Waals surface area contributed by atoms with Crippen molar-refractivity contribution in [3.8, 4) is 5.75 Å². The van der Waals surface area contributed by atoms with Crippen molar-refractivity contribution in [3.05, 3.63) is 23.8 Å². The summed E-state index contributed by atoms with van der Waals surface area (Å²) in [6, 6.07) is 5.77. The summed E-state index contributed by atoms with van der Waals surface area (Å²) < 4.78 is 10.8. The molecule has 1 N–H and O–H groups in total. The van der Waals surface area contributed by atoms with Gasteiger partial charge >= 0.3 is 5.97 Å². The van der Waals surface area contributed by atoms with E-state index in [9.17, 15) is 4.79 Å². The van der Waals surface area contributed by atoms with Gasteiger partial charge in [-0.25, -0.2) is 0 Å². The van der Waals surface area contributed by atoms with E-state index in [2.05, 4.69) is 4.90 Å². The molecule has 0 radical (unpaired) electrons. The zero-order chi connectivity index (χ0) is 13.8. The molecule has 1 aliphatic rings. The Bertz CT molecular complexity index is 461. The standard InChI is InChI=1S/C14H19NO4/c1-10-3-4-13(18-2)12(7-10)15-5-6-19-9-11(15)8-14(16)17/h3-4,7,11H,5-6,8-9H2,1-2H3,(H,16,17). The van der Waals surface area contributed by atoms with Crippen LogP contribution in [0.2, 0.25) is 0 Å². The summed E-state index contributed by atoms with van der Waals surface area (Å²) in [6.45, 7) is 3.73. The highest BCUT2D eigenvalue weighted by molar-refractivity contribution is 5.69. The van der Waals surface area contributed by atoms with E-state index in [0.717, 1.165) is 17.0 Å². The molecule has 1 aromatic carbocycles. The van der Waals surface area contributed by atoms with Crippen molar-refractivity contribution in [3.63, 3.8) is 0 Å². The molecule has 0 bridgehead atoms. The number of benzene rings is 1. The molecule has 2 rings (SSSR count). The highest BCUT2D eigenvalue weighted by Gasteiger charge is 2.27. The average Bonchev–Trinajstić information content (AvgIpc) is 2.38. The van der Waals surface area contributed by atoms with Gasteiger partial charge in [-0.2, -0.15) is 0 Å². The number of ether oxygens (including phenoxy) is 2. The van der Waals surface area contributed by atoms with Crippen molar-refractivity contribution in [2.24, 2.45) is 0 Å². The maximum Gasteiger partial charge on any atom is 0.305 e. The molecule has 1 aliphatic heterocycles. The summed E-state index contributed by atoms with van der Waals surface area (Å²) in [5.74, 6) is -0.0463. The molecule has 1 aromatic rings. The summed E-state index contributed by atoms with van der Waals surface area (Å²) in [7, 11) is 1.63. The lowest BCUT2D eigenvalue weighted by Crippen LogP contribution is -2.46. The Morgan fingerprint density at radius 1 is 1.58 bits per heavy atom. The maximum atomic E-state index is 11.0. The van der Waals surface area contributed by atoms with Gasteiger partial charge in [0.25, 0.3) is 0 Å². The zero-order valence-electron chi connectivity index (χ0n) is 11.3. The monoisotopic (exact) mass is 265 g/mol. The Morgan fingerprint density at radius 2 is 2.37 bits per heavy atom. The third kappa shape index (κ3) is 3.17. The van der Waals surface area contributed by atoms with Crippen molar-refractivity contribution in [2.75, 3.05) is 31.8 Å². The Balaban J connectivity index is 2.30. The number of carboxylic acid groups (broad SMARTS) is 1. The van der Waals surface area contributed by atoms with Crippen molar-refractivity contribution >= 4 is 11.7 Å². The normalized spacial score (nSPS) is 19.3. The summed E-state index contributed by atoms with van der Waals surface area (Å²) >= 11 is 0. The number of aryl methyl sites for hydroxylation is 1. The number of hydrogen-bond acceptors (Lipinski definition) is 4. The van der Waals surface area contributed by atoms with Gasteiger partial charge in [0.2, 0.25) is 0 Å². The van der Waals surface area contributed by atoms with E-state index in [1.807, 2.05) is 25.1 Å². The van der Waals surface area contributed by atoms with Crippen LogP contribution in [0.15, 0.2) is 18.2 Å². The van der Waals surface area contributed by atoms with Gasteiger partial charge in [-0.15, -0.1) is 0 Å². The molecule has 5 heteroatoms. The molecular formula is C14H19NO4. The van der Waals surface area contributed by atoms with Crippen LogP contribution in [0, 0.1) is 6.92 Å². The Kier molecular flexibility index (Phi) is 4.27. The van der Waals surface area contributed by atoms with Crippen LogP contribution in [0.1, 0.15) is 12.0 Å². The first-order chi connectivity index (χ1) is 9.11. The lowest BCUT2D eigenvalue weighted by Gasteiger charge is -2.37. The molecule has 1 fully saturated rings. The topological polar surface area (TPSA) is 59.0 Å². The smallest absolute Gasteiger partial charge is 0.305 e. The molecule has 0 aliphatic carbocycles. The Labute approximate surface area is 112 Å². The van der Waals surface area contributed by atoms with E-state index in [0.29, 0.717) is 19.8 Å². The third-order valence-electron chi connectivity index (χ3n) is 3.28. The number of carboxylic acids is 1. The molecule has 1 unspecified atom stereocenters. The van der Waals surface area contributed by atoms with Crippen molar-refractivity contribution in [1.29, 1.82) is 0 Å². The van der Waals surface area contributed by atoms with Gasteiger partial charge < -0.3 is 19.5 Å². The van der Waals surface area contributed by atoms with Crippen molar-refractivity contribution in [1.82, 2.24) is 0 Å². The van der Waals surface area contributed by atoms with E-state index in [1.165, 1.54) is 0 Å². The van der Waals surface area contributed by atoms with E-state index >= 15 is 0 Å². The first-order valence-corrected chi connectivity index (χ1v) is 6.32. The van der Waals surface area contributed by atoms with Crippen LogP contribution >= 0.6 is 0 Å². The molecule has 1 saturated heterocycles. The largest absolute Gasteiger partial charge is 0.495 e. The van der Waals surface area contributed by atoms with Crippen molar-refractivity contribution < 1.29 is 19.4 Å². The fourth-order valence-corrected chi connectivity index (χ4v) is 2.37. The number of carbonyl (C=O) groups is 1. The molecule has 0 saturated carbocycles. The highest BCUT2D eigenvalue weighted by Crippen LogP contribution is 2.32. The van der Waals surface area contributed by atoms with Crippen LogP contribution in [0.4, 0.5) is 5.69 Å². The molecule has 5 nitrogen and oxygen atoms in total. The fraction of sp³-hybridized carbons (Fsp3) is 0.500. The first kappa shape index (κ1) is 13.7. The summed E-state index contributed by atoms with van der Waals surface area (Å²) in [6.07, 6.45) is 0.0666. The average molecular weight is 265 g/mol. The number of anilines is 1. The minimum Gasteiger partial charge on any atom is -0.495 e. The molecule has 19 heavy (non-hydrogen) atoms. The number of morpholine rings is 1. The maximum absolute atomic E-state index is 11.0. The van der Waals surface area contributed by atoms with E-state index < -0.39 is 5.97 Å². The second-order valence-electron chi connectivity index (χ2n) is 4.70. The van der Waals surface area contributed by atoms with Gasteiger partial charge in [-0.1, -0.05) is 6.07 Å². The number of rotatable bonds is 4. The molecule has 0 aromatic heterocycles. The Morgan fingerprint density at radius 3 is 3.05 bits per heavy atom. The van der Waals surface area contributed by atoms with Crippen LogP contribution in [0.3, 0.4) is 0 Å². The van der Waals surface area contributed by atoms with Crippen LogP contribution in [-0.4, -0.2) is 44.0 Å². The van der Waals surface area contributed by atoms with Crippen LogP contribution in [-0.2, 0) is 9.53 Å². The SMILES string of the molecule is COc1ccc(C)cc1N1CCOCC1CC(=O)O. The second-order valence-corrected chi connectivity index (χ2v) is 4.70. The molecule has 0 spiro atoms. The van der Waals surface area contributed by atoms with Crippen LogP contribution < -0.4 is 9.64 Å². The minimum atomic E-state index is -0.813. The van der Waals surface area contributed by atoms with Gasteiger partial charge in [0.05, 0.1) is 38.5 Å². The van der Waals surface area contributed by atoms with E-state index in [1.54, 1.807) is 7.11 Å².